The summed E-state index contributed by atoms with van der Waals surface area (Å²) in [4.78, 5) is 40.1. The second kappa shape index (κ2) is 7.63. The number of hydrogen-bond acceptors (Lipinski definition) is 8. The number of imidazole rings is 1. The number of aryl methyl sites for hydroxylation is 2. The van der Waals surface area contributed by atoms with E-state index in [2.05, 4.69) is 35.6 Å². The van der Waals surface area contributed by atoms with Gasteiger partial charge in [-0.2, -0.15) is 0 Å². The minimum atomic E-state index is -0.831. The molecule has 5 heterocycles. The Morgan fingerprint density at radius 3 is 2.59 bits per heavy atom. The molecule has 4 aromatic heterocycles. The van der Waals surface area contributed by atoms with Crippen molar-refractivity contribution in [3.63, 3.8) is 0 Å². The molecule has 1 atom stereocenters. The summed E-state index contributed by atoms with van der Waals surface area (Å²) in [6.07, 6.45) is 10.2. The van der Waals surface area contributed by atoms with Crippen LogP contribution >= 0.6 is 0 Å². The van der Waals surface area contributed by atoms with Crippen molar-refractivity contribution in [2.75, 3.05) is 5.32 Å². The molecule has 1 amide bonds. The molecule has 0 unspecified atom stereocenters. The van der Waals surface area contributed by atoms with Crippen LogP contribution in [0, 0.1) is 6.92 Å². The zero-order valence-corrected chi connectivity index (χ0v) is 19.3. The summed E-state index contributed by atoms with van der Waals surface area (Å²) in [6.45, 7) is 6.51. The van der Waals surface area contributed by atoms with Crippen molar-refractivity contribution in [2.45, 2.75) is 58.2 Å². The molecule has 1 aliphatic heterocycles. The molecule has 1 saturated carbocycles. The highest BCUT2D eigenvalue weighted by Crippen LogP contribution is 2.39. The van der Waals surface area contributed by atoms with Crippen LogP contribution in [0.15, 0.2) is 31.0 Å². The van der Waals surface area contributed by atoms with Gasteiger partial charge in [0, 0.05) is 42.3 Å². The van der Waals surface area contributed by atoms with E-state index in [4.69, 9.17) is 4.98 Å². The maximum Gasteiger partial charge on any atom is 0.250 e. The molecule has 1 fully saturated rings. The lowest BCUT2D eigenvalue weighted by Gasteiger charge is -2.35. The third-order valence-corrected chi connectivity index (χ3v) is 6.87. The van der Waals surface area contributed by atoms with E-state index in [0.717, 1.165) is 41.0 Å². The number of nitrogens with zero attached hydrogens (tertiary/aromatic N) is 7. The molecule has 4 aromatic rings. The molecule has 0 aromatic carbocycles. The van der Waals surface area contributed by atoms with E-state index < -0.39 is 5.54 Å². The maximum absolute atomic E-state index is 12.9. The number of carbonyl (C=O) groups is 1. The third-order valence-electron chi connectivity index (χ3n) is 6.87. The van der Waals surface area contributed by atoms with Gasteiger partial charge >= 0.3 is 0 Å². The highest BCUT2D eigenvalue weighted by atomic mass is 16.2. The van der Waals surface area contributed by atoms with E-state index in [1.807, 2.05) is 31.4 Å². The molecule has 10 nitrogen and oxygen atoms in total. The molecule has 2 aliphatic rings. The lowest BCUT2D eigenvalue weighted by Crippen LogP contribution is -2.52. The summed E-state index contributed by atoms with van der Waals surface area (Å²) in [5, 5.41) is 6.47. The smallest absolute Gasteiger partial charge is 0.250 e. The predicted molar refractivity (Wildman–Crippen MR) is 127 cm³/mol. The van der Waals surface area contributed by atoms with Crippen LogP contribution in [-0.4, -0.2) is 46.4 Å². The minimum Gasteiger partial charge on any atom is -0.309 e. The van der Waals surface area contributed by atoms with Gasteiger partial charge in [-0.1, -0.05) is 6.42 Å². The van der Waals surface area contributed by atoms with E-state index >= 15 is 0 Å². The van der Waals surface area contributed by atoms with Crippen LogP contribution in [0.4, 0.5) is 5.82 Å². The molecule has 0 radical (unpaired) electrons. The number of carbonyl (C=O) groups excluding carboxylic acids is 1. The van der Waals surface area contributed by atoms with Crippen LogP contribution in [0.2, 0.25) is 0 Å². The second-order valence-electron chi connectivity index (χ2n) is 9.06. The molecule has 0 saturated heterocycles. The van der Waals surface area contributed by atoms with Crippen molar-refractivity contribution in [1.82, 2.24) is 39.8 Å². The average molecular weight is 456 g/mol. The Hall–Kier alpha value is -3.79. The first-order chi connectivity index (χ1) is 16.5. The standard InChI is InChI=1S/C24H25N9O/c1-4-33-21(15-10-25-13(2)26-11-15)30-19-18(28-12-29-22(19)33)14-8-17-20(27-9-14)31-23(34)24(17,3)32-16-6-5-7-16/h8-12,16,32H,4-7H2,1-3H3,(H,27,31,34)/t24-/m0/s1. The van der Waals surface area contributed by atoms with E-state index in [0.29, 0.717) is 35.4 Å². The molecular weight excluding hydrogens is 430 g/mol. The minimum absolute atomic E-state index is 0.0798. The van der Waals surface area contributed by atoms with Crippen LogP contribution in [0.3, 0.4) is 0 Å². The fourth-order valence-corrected chi connectivity index (χ4v) is 4.71. The fraction of sp³-hybridized carbons (Fsp3) is 0.375. The van der Waals surface area contributed by atoms with Gasteiger partial charge < -0.3 is 9.88 Å². The summed E-state index contributed by atoms with van der Waals surface area (Å²) in [6, 6.07) is 2.34. The van der Waals surface area contributed by atoms with Crippen LogP contribution in [0.1, 0.15) is 44.5 Å². The molecule has 1 aliphatic carbocycles. The first kappa shape index (κ1) is 20.8. The van der Waals surface area contributed by atoms with E-state index in [9.17, 15) is 4.79 Å². The van der Waals surface area contributed by atoms with Gasteiger partial charge in [0.15, 0.2) is 5.65 Å². The average Bonchev–Trinajstić information content (AvgIpc) is 3.31. The third kappa shape index (κ3) is 3.09. The van der Waals surface area contributed by atoms with E-state index in [1.54, 1.807) is 24.9 Å². The Labute approximate surface area is 196 Å². The Kier molecular flexibility index (Phi) is 4.66. The van der Waals surface area contributed by atoms with Gasteiger partial charge in [0.1, 0.15) is 40.5 Å². The lowest BCUT2D eigenvalue weighted by molar-refractivity contribution is -0.122. The molecule has 0 bridgehead atoms. The maximum atomic E-state index is 12.9. The number of rotatable bonds is 5. The Morgan fingerprint density at radius 2 is 1.88 bits per heavy atom. The van der Waals surface area contributed by atoms with Crippen LogP contribution < -0.4 is 10.6 Å². The number of fused-ring (bicyclic) bond motifs is 2. The number of amides is 1. The Bertz CT molecular complexity index is 1420. The predicted octanol–water partition coefficient (Wildman–Crippen LogP) is 2.98. The molecule has 34 heavy (non-hydrogen) atoms. The first-order valence-corrected chi connectivity index (χ1v) is 11.6. The molecule has 6 rings (SSSR count). The van der Waals surface area contributed by atoms with Gasteiger partial charge in [-0.3, -0.25) is 10.1 Å². The summed E-state index contributed by atoms with van der Waals surface area (Å²) in [7, 11) is 0. The SMILES string of the molecule is CCn1c(-c2cnc(C)nc2)nc2c(-c3cnc4c(c3)[C@](C)(NC3CCC3)C(=O)N4)ncnc21. The topological polar surface area (TPSA) is 123 Å². The zero-order valence-electron chi connectivity index (χ0n) is 19.3. The van der Waals surface area contributed by atoms with E-state index in [-0.39, 0.29) is 5.91 Å². The van der Waals surface area contributed by atoms with Crippen LogP contribution in [0.5, 0.6) is 0 Å². The summed E-state index contributed by atoms with van der Waals surface area (Å²) in [5.41, 5.74) is 3.68. The normalized spacial score (nSPS) is 19.8. The molecular formula is C24H25N9O. The summed E-state index contributed by atoms with van der Waals surface area (Å²) >= 11 is 0. The van der Waals surface area contributed by atoms with Crippen molar-refractivity contribution in [2.24, 2.45) is 0 Å². The van der Waals surface area contributed by atoms with Gasteiger partial charge in [-0.15, -0.1) is 0 Å². The quantitative estimate of drug-likeness (QED) is 0.471. The molecule has 172 valence electrons. The number of aromatic nitrogens is 7. The highest BCUT2D eigenvalue weighted by Gasteiger charge is 2.45. The lowest BCUT2D eigenvalue weighted by atomic mass is 9.86. The number of pyridine rings is 1. The molecule has 0 spiro atoms. The van der Waals surface area contributed by atoms with Gasteiger partial charge in [-0.25, -0.2) is 29.9 Å². The Morgan fingerprint density at radius 1 is 1.12 bits per heavy atom. The van der Waals surface area contributed by atoms with Gasteiger partial charge in [0.05, 0.1) is 5.56 Å². The first-order valence-electron chi connectivity index (χ1n) is 11.6. The summed E-state index contributed by atoms with van der Waals surface area (Å²) in [5.74, 6) is 1.95. The van der Waals surface area contributed by atoms with Crippen LogP contribution in [0.25, 0.3) is 33.8 Å². The van der Waals surface area contributed by atoms with Crippen molar-refractivity contribution < 1.29 is 4.79 Å². The largest absolute Gasteiger partial charge is 0.309 e. The highest BCUT2D eigenvalue weighted by molar-refractivity contribution is 6.05. The summed E-state index contributed by atoms with van der Waals surface area (Å²) < 4.78 is 2.03. The number of nitrogens with one attached hydrogen (secondary N) is 2. The van der Waals surface area contributed by atoms with Gasteiger partial charge in [0.25, 0.3) is 0 Å². The zero-order chi connectivity index (χ0) is 23.4. The number of hydrogen-bond donors (Lipinski definition) is 2. The number of anilines is 1. The van der Waals surface area contributed by atoms with Crippen molar-refractivity contribution in [1.29, 1.82) is 0 Å². The molecule has 10 heteroatoms. The second-order valence-corrected chi connectivity index (χ2v) is 9.06. The van der Waals surface area contributed by atoms with Crippen molar-refractivity contribution >= 4 is 22.9 Å². The van der Waals surface area contributed by atoms with Gasteiger partial charge in [0.2, 0.25) is 5.91 Å². The molecule has 2 N–H and O–H groups in total. The fourth-order valence-electron chi connectivity index (χ4n) is 4.71. The Balaban J connectivity index is 1.48. The van der Waals surface area contributed by atoms with E-state index in [1.165, 1.54) is 6.42 Å². The van der Waals surface area contributed by atoms with Gasteiger partial charge in [-0.05, 0) is 39.7 Å². The van der Waals surface area contributed by atoms with Crippen LogP contribution in [-0.2, 0) is 16.9 Å². The van der Waals surface area contributed by atoms with Crippen molar-refractivity contribution in [3.8, 4) is 22.6 Å². The monoisotopic (exact) mass is 455 g/mol. The van der Waals surface area contributed by atoms with Crippen molar-refractivity contribution in [3.05, 3.63) is 42.4 Å².